The van der Waals surface area contributed by atoms with E-state index < -0.39 is 0 Å². The highest BCUT2D eigenvalue weighted by Gasteiger charge is 2.16. The number of nitrogens with zero attached hydrogens (tertiary/aromatic N) is 1. The monoisotopic (exact) mass is 196 g/mol. The number of aldehydes is 1. The van der Waals surface area contributed by atoms with Crippen molar-refractivity contribution in [3.8, 4) is 0 Å². The van der Waals surface area contributed by atoms with E-state index in [1.54, 1.807) is 11.6 Å². The molecular formula is C10H16N2O2. The summed E-state index contributed by atoms with van der Waals surface area (Å²) in [6.07, 6.45) is 2.47. The van der Waals surface area contributed by atoms with Crippen LogP contribution in [0.4, 0.5) is 5.69 Å². The van der Waals surface area contributed by atoms with Gasteiger partial charge >= 0.3 is 0 Å². The van der Waals surface area contributed by atoms with E-state index in [1.807, 2.05) is 6.92 Å². The average molecular weight is 196 g/mol. The smallest absolute Gasteiger partial charge is 0.168 e. The zero-order valence-electron chi connectivity index (χ0n) is 8.58. The fraction of sp³-hybridized carbons (Fsp3) is 0.500. The third-order valence-corrected chi connectivity index (χ3v) is 2.48. The van der Waals surface area contributed by atoms with Crippen LogP contribution in [0.3, 0.4) is 0 Å². The molecule has 0 aromatic carbocycles. The maximum atomic E-state index is 10.8. The van der Waals surface area contributed by atoms with Crippen molar-refractivity contribution >= 4 is 12.0 Å². The van der Waals surface area contributed by atoms with Crippen LogP contribution in [0.15, 0.2) is 0 Å². The first kappa shape index (κ1) is 10.8. The summed E-state index contributed by atoms with van der Waals surface area (Å²) in [5.41, 5.74) is 8.42. The molecule has 0 unspecified atom stereocenters. The molecule has 1 aromatic heterocycles. The number of aliphatic hydroxyl groups excluding tert-OH is 1. The van der Waals surface area contributed by atoms with E-state index >= 15 is 0 Å². The third kappa shape index (κ3) is 1.53. The van der Waals surface area contributed by atoms with Crippen LogP contribution in [0.25, 0.3) is 0 Å². The molecule has 0 aliphatic carbocycles. The lowest BCUT2D eigenvalue weighted by Crippen LogP contribution is -2.01. The second-order valence-electron chi connectivity index (χ2n) is 3.31. The number of aliphatic hydroxyl groups is 1. The molecular weight excluding hydrogens is 180 g/mol. The lowest BCUT2D eigenvalue weighted by Gasteiger charge is -2.03. The second-order valence-corrected chi connectivity index (χ2v) is 3.31. The van der Waals surface area contributed by atoms with Crippen LogP contribution in [0.2, 0.25) is 0 Å². The minimum absolute atomic E-state index is 0.0795. The summed E-state index contributed by atoms with van der Waals surface area (Å²) < 4.78 is 1.66. The Labute approximate surface area is 83.3 Å². The van der Waals surface area contributed by atoms with Gasteiger partial charge in [-0.15, -0.1) is 0 Å². The Morgan fingerprint density at radius 3 is 2.64 bits per heavy atom. The number of hydrogen-bond acceptors (Lipinski definition) is 3. The molecule has 4 heteroatoms. The molecule has 4 nitrogen and oxygen atoms in total. The van der Waals surface area contributed by atoms with E-state index in [2.05, 4.69) is 0 Å². The maximum absolute atomic E-state index is 10.8. The summed E-state index contributed by atoms with van der Waals surface area (Å²) in [7, 11) is 1.74. The predicted molar refractivity (Wildman–Crippen MR) is 55.1 cm³/mol. The molecule has 14 heavy (non-hydrogen) atoms. The van der Waals surface area contributed by atoms with Crippen molar-refractivity contribution in [2.45, 2.75) is 26.4 Å². The lowest BCUT2D eigenvalue weighted by atomic mass is 10.1. The van der Waals surface area contributed by atoms with Gasteiger partial charge in [0.25, 0.3) is 0 Å². The van der Waals surface area contributed by atoms with Crippen molar-refractivity contribution in [2.24, 2.45) is 7.05 Å². The van der Waals surface area contributed by atoms with Gasteiger partial charge in [0.1, 0.15) is 5.69 Å². The van der Waals surface area contributed by atoms with E-state index in [9.17, 15) is 4.79 Å². The molecule has 78 valence electrons. The fourth-order valence-electron chi connectivity index (χ4n) is 1.71. The highest BCUT2D eigenvalue weighted by Crippen LogP contribution is 2.24. The Morgan fingerprint density at radius 1 is 1.57 bits per heavy atom. The minimum Gasteiger partial charge on any atom is -0.397 e. The molecule has 0 atom stereocenters. The normalized spacial score (nSPS) is 10.5. The van der Waals surface area contributed by atoms with Gasteiger partial charge in [0.05, 0.1) is 12.3 Å². The van der Waals surface area contributed by atoms with Gasteiger partial charge < -0.3 is 15.4 Å². The lowest BCUT2D eigenvalue weighted by molar-refractivity contribution is 0.111. The summed E-state index contributed by atoms with van der Waals surface area (Å²) in [5, 5.41) is 9.17. The molecule has 0 amide bonds. The standard InChI is InChI=1S/C10H16N2O2/c1-3-4-7-8(5-13)12(2)9(6-14)10(7)11/h6,13H,3-5,11H2,1-2H3. The summed E-state index contributed by atoms with van der Waals surface area (Å²) in [5.74, 6) is 0. The van der Waals surface area contributed by atoms with E-state index in [4.69, 9.17) is 10.8 Å². The van der Waals surface area contributed by atoms with Crippen LogP contribution in [0, 0.1) is 0 Å². The van der Waals surface area contributed by atoms with Crippen molar-refractivity contribution in [1.29, 1.82) is 0 Å². The summed E-state index contributed by atoms with van der Waals surface area (Å²) in [6.45, 7) is 1.96. The van der Waals surface area contributed by atoms with Crippen molar-refractivity contribution in [3.05, 3.63) is 17.0 Å². The van der Waals surface area contributed by atoms with Gasteiger partial charge in [-0.2, -0.15) is 0 Å². The number of nitrogen functional groups attached to an aromatic ring is 1. The summed E-state index contributed by atoms with van der Waals surface area (Å²) in [6, 6.07) is 0. The first-order chi connectivity index (χ1) is 6.67. The zero-order valence-corrected chi connectivity index (χ0v) is 8.58. The van der Waals surface area contributed by atoms with Crippen molar-refractivity contribution in [2.75, 3.05) is 5.73 Å². The van der Waals surface area contributed by atoms with E-state index in [0.717, 1.165) is 30.4 Å². The molecule has 0 radical (unpaired) electrons. The van der Waals surface area contributed by atoms with Gasteiger partial charge in [0.15, 0.2) is 6.29 Å². The quantitative estimate of drug-likeness (QED) is 0.702. The van der Waals surface area contributed by atoms with Crippen molar-refractivity contribution in [1.82, 2.24) is 4.57 Å². The van der Waals surface area contributed by atoms with E-state index in [1.165, 1.54) is 0 Å². The van der Waals surface area contributed by atoms with Crippen molar-refractivity contribution < 1.29 is 9.90 Å². The van der Waals surface area contributed by atoms with Crippen LogP contribution in [-0.4, -0.2) is 16.0 Å². The summed E-state index contributed by atoms with van der Waals surface area (Å²) >= 11 is 0. The topological polar surface area (TPSA) is 68.2 Å². The second kappa shape index (κ2) is 4.28. The van der Waals surface area contributed by atoms with E-state index in [0.29, 0.717) is 11.4 Å². The molecule has 0 spiro atoms. The Hall–Kier alpha value is -1.29. The molecule has 0 aliphatic rings. The van der Waals surface area contributed by atoms with Gasteiger partial charge in [0.2, 0.25) is 0 Å². The zero-order chi connectivity index (χ0) is 10.7. The number of rotatable bonds is 4. The number of hydrogen-bond donors (Lipinski definition) is 2. The van der Waals surface area contributed by atoms with Crippen LogP contribution in [-0.2, 0) is 20.1 Å². The van der Waals surface area contributed by atoms with Gasteiger partial charge in [-0.25, -0.2) is 0 Å². The predicted octanol–water partition coefficient (Wildman–Crippen LogP) is 0.865. The average Bonchev–Trinajstić information content (AvgIpc) is 2.39. The van der Waals surface area contributed by atoms with Crippen LogP contribution in [0.5, 0.6) is 0 Å². The number of carbonyl (C=O) groups is 1. The molecule has 1 rings (SSSR count). The third-order valence-electron chi connectivity index (χ3n) is 2.48. The molecule has 3 N–H and O–H groups in total. The highest BCUT2D eigenvalue weighted by molar-refractivity contribution is 5.83. The molecule has 0 bridgehead atoms. The van der Waals surface area contributed by atoms with Crippen LogP contribution >= 0.6 is 0 Å². The first-order valence-electron chi connectivity index (χ1n) is 4.69. The van der Waals surface area contributed by atoms with Crippen molar-refractivity contribution in [3.63, 3.8) is 0 Å². The van der Waals surface area contributed by atoms with Crippen LogP contribution in [0.1, 0.15) is 35.1 Å². The SMILES string of the molecule is CCCc1c(N)c(C=O)n(C)c1CO. The Bertz CT molecular complexity index is 342. The van der Waals surface area contributed by atoms with Gasteiger partial charge in [-0.05, 0) is 12.0 Å². The number of carbonyl (C=O) groups excluding carboxylic acids is 1. The van der Waals surface area contributed by atoms with E-state index in [-0.39, 0.29) is 6.61 Å². The molecule has 0 fully saturated rings. The largest absolute Gasteiger partial charge is 0.397 e. The van der Waals surface area contributed by atoms with Gasteiger partial charge in [-0.3, -0.25) is 4.79 Å². The Balaban J connectivity index is 3.31. The van der Waals surface area contributed by atoms with Gasteiger partial charge in [-0.1, -0.05) is 13.3 Å². The molecule has 1 heterocycles. The minimum atomic E-state index is -0.0795. The summed E-state index contributed by atoms with van der Waals surface area (Å²) in [4.78, 5) is 10.8. The molecule has 0 saturated heterocycles. The highest BCUT2D eigenvalue weighted by atomic mass is 16.3. The molecule has 1 aromatic rings. The first-order valence-corrected chi connectivity index (χ1v) is 4.69. The van der Waals surface area contributed by atoms with Crippen LogP contribution < -0.4 is 5.73 Å². The maximum Gasteiger partial charge on any atom is 0.168 e. The fourth-order valence-corrected chi connectivity index (χ4v) is 1.71. The number of anilines is 1. The molecule has 0 aliphatic heterocycles. The number of nitrogens with two attached hydrogens (primary N) is 1. The Morgan fingerprint density at radius 2 is 2.21 bits per heavy atom. The Kier molecular flexibility index (Phi) is 3.30. The van der Waals surface area contributed by atoms with Gasteiger partial charge in [0, 0.05) is 12.7 Å². The number of aromatic nitrogens is 1. The molecule has 0 saturated carbocycles.